The number of aliphatic hydroxyl groups excluding tert-OH is 1. The summed E-state index contributed by atoms with van der Waals surface area (Å²) < 4.78 is 0. The molecule has 0 heterocycles. The van der Waals surface area contributed by atoms with Gasteiger partial charge in [-0.05, 0) is 116 Å². The number of carboxylic acids is 1. The van der Waals surface area contributed by atoms with E-state index < -0.39 is 11.4 Å². The highest BCUT2D eigenvalue weighted by Crippen LogP contribution is 2.74. The number of aliphatic carboxylic acids is 1. The van der Waals surface area contributed by atoms with Crippen molar-refractivity contribution in [3.05, 3.63) is 11.6 Å². The second kappa shape index (κ2) is 7.11. The second-order valence-corrected chi connectivity index (χ2v) is 14.7. The predicted octanol–water partition coefficient (Wildman–Crippen LogP) is 7.09. The molecule has 4 fully saturated rings. The number of hydrogen-bond acceptors (Lipinski definition) is 2. The molecule has 0 aromatic heterocycles. The van der Waals surface area contributed by atoms with Crippen molar-refractivity contribution in [3.63, 3.8) is 0 Å². The van der Waals surface area contributed by atoms with Crippen LogP contribution in [0.3, 0.4) is 0 Å². The van der Waals surface area contributed by atoms with Crippen LogP contribution in [0.25, 0.3) is 0 Å². The monoisotopic (exact) mass is 456 g/mol. The summed E-state index contributed by atoms with van der Waals surface area (Å²) in [4.78, 5) is 12.2. The van der Waals surface area contributed by atoms with Gasteiger partial charge in [0.2, 0.25) is 0 Å². The summed E-state index contributed by atoms with van der Waals surface area (Å²) in [6.45, 7) is 16.7. The minimum Gasteiger partial charge on any atom is -0.481 e. The third-order valence-electron chi connectivity index (χ3n) is 12.9. The molecule has 2 N–H and O–H groups in total. The Kier molecular flexibility index (Phi) is 5.15. The third kappa shape index (κ3) is 2.99. The van der Waals surface area contributed by atoms with Crippen LogP contribution in [0.1, 0.15) is 106 Å². The van der Waals surface area contributed by atoms with Gasteiger partial charge in [-0.3, -0.25) is 4.79 Å². The van der Waals surface area contributed by atoms with Crippen molar-refractivity contribution in [1.82, 2.24) is 0 Å². The SMILES string of the molecule is C[C@H]1C=C2[C@]3(C)CC[C@H]4C(C)(C)[C@H](O)CC[C@]4(C)[C@H]3CC[C@@]2(C)[C@@H]2C[C@](C)(C(=O)O)CC[C@H]21. The van der Waals surface area contributed by atoms with E-state index in [1.807, 2.05) is 6.92 Å². The molecule has 10 atom stereocenters. The molecular formula is C30H48O3. The Hall–Kier alpha value is -0.830. The van der Waals surface area contributed by atoms with Gasteiger partial charge < -0.3 is 10.2 Å². The largest absolute Gasteiger partial charge is 0.481 e. The van der Waals surface area contributed by atoms with Gasteiger partial charge in [0.05, 0.1) is 11.5 Å². The van der Waals surface area contributed by atoms with E-state index in [2.05, 4.69) is 47.6 Å². The lowest BCUT2D eigenvalue weighted by Crippen LogP contribution is -2.63. The Balaban J connectivity index is 1.55. The molecule has 0 aliphatic heterocycles. The van der Waals surface area contributed by atoms with Crippen LogP contribution in [0.15, 0.2) is 11.6 Å². The Morgan fingerprint density at radius 3 is 2.18 bits per heavy atom. The van der Waals surface area contributed by atoms with Gasteiger partial charge in [-0.1, -0.05) is 53.2 Å². The van der Waals surface area contributed by atoms with Crippen LogP contribution in [0, 0.1) is 56.7 Å². The van der Waals surface area contributed by atoms with Crippen molar-refractivity contribution in [2.75, 3.05) is 0 Å². The number of carboxylic acid groups (broad SMARTS) is 1. The smallest absolute Gasteiger partial charge is 0.309 e. The van der Waals surface area contributed by atoms with Crippen molar-refractivity contribution in [1.29, 1.82) is 0 Å². The van der Waals surface area contributed by atoms with Gasteiger partial charge >= 0.3 is 5.97 Å². The lowest BCUT2D eigenvalue weighted by molar-refractivity contribution is -0.183. The highest BCUT2D eigenvalue weighted by Gasteiger charge is 2.66. The topological polar surface area (TPSA) is 57.5 Å². The zero-order valence-electron chi connectivity index (χ0n) is 22.2. The molecule has 5 aliphatic carbocycles. The lowest BCUT2D eigenvalue weighted by atomic mass is 9.35. The molecule has 4 saturated carbocycles. The number of fused-ring (bicyclic) bond motifs is 7. The molecule has 0 aromatic carbocycles. The van der Waals surface area contributed by atoms with Gasteiger partial charge in [-0.2, -0.15) is 0 Å². The van der Waals surface area contributed by atoms with E-state index in [9.17, 15) is 15.0 Å². The number of rotatable bonds is 1. The van der Waals surface area contributed by atoms with Crippen LogP contribution in [0.4, 0.5) is 0 Å². The van der Waals surface area contributed by atoms with Crippen molar-refractivity contribution in [2.24, 2.45) is 56.7 Å². The van der Waals surface area contributed by atoms with Crippen molar-refractivity contribution >= 4 is 5.97 Å². The molecule has 3 nitrogen and oxygen atoms in total. The molecule has 0 unspecified atom stereocenters. The molecule has 186 valence electrons. The fourth-order valence-electron chi connectivity index (χ4n) is 10.8. The zero-order chi connectivity index (χ0) is 24.2. The van der Waals surface area contributed by atoms with E-state index in [1.54, 1.807) is 5.57 Å². The Morgan fingerprint density at radius 1 is 0.879 bits per heavy atom. The number of allylic oxidation sites excluding steroid dienone is 2. The molecular weight excluding hydrogens is 408 g/mol. The first-order valence-corrected chi connectivity index (χ1v) is 13.8. The summed E-state index contributed by atoms with van der Waals surface area (Å²) in [6.07, 6.45) is 12.2. The minimum atomic E-state index is -0.593. The molecule has 5 aliphatic rings. The first kappa shape index (κ1) is 23.9. The Morgan fingerprint density at radius 2 is 1.52 bits per heavy atom. The van der Waals surface area contributed by atoms with Crippen LogP contribution in [0.2, 0.25) is 0 Å². The molecule has 0 bridgehead atoms. The first-order chi connectivity index (χ1) is 15.2. The molecule has 0 amide bonds. The van der Waals surface area contributed by atoms with Gasteiger partial charge in [-0.25, -0.2) is 0 Å². The quantitative estimate of drug-likeness (QED) is 0.414. The second-order valence-electron chi connectivity index (χ2n) is 14.7. The average molecular weight is 457 g/mol. The maximum absolute atomic E-state index is 12.2. The number of aliphatic hydroxyl groups is 1. The molecule has 0 aromatic rings. The van der Waals surface area contributed by atoms with E-state index in [0.717, 1.165) is 32.1 Å². The molecule has 5 rings (SSSR count). The summed E-state index contributed by atoms with van der Waals surface area (Å²) in [5, 5.41) is 20.9. The molecule has 3 heteroatoms. The average Bonchev–Trinajstić information content (AvgIpc) is 2.72. The summed E-state index contributed by atoms with van der Waals surface area (Å²) >= 11 is 0. The molecule has 0 spiro atoms. The van der Waals surface area contributed by atoms with Gasteiger partial charge in [0, 0.05) is 0 Å². The van der Waals surface area contributed by atoms with E-state index in [0.29, 0.717) is 29.6 Å². The Labute approximate surface area is 201 Å². The van der Waals surface area contributed by atoms with Gasteiger partial charge in [0.25, 0.3) is 0 Å². The predicted molar refractivity (Wildman–Crippen MR) is 133 cm³/mol. The highest BCUT2D eigenvalue weighted by molar-refractivity contribution is 5.74. The summed E-state index contributed by atoms with van der Waals surface area (Å²) in [7, 11) is 0. The van der Waals surface area contributed by atoms with Crippen LogP contribution < -0.4 is 0 Å². The van der Waals surface area contributed by atoms with E-state index >= 15 is 0 Å². The maximum Gasteiger partial charge on any atom is 0.309 e. The fourth-order valence-corrected chi connectivity index (χ4v) is 10.8. The summed E-state index contributed by atoms with van der Waals surface area (Å²) in [5.74, 6) is 2.30. The normalized spacial score (nSPS) is 55.3. The first-order valence-electron chi connectivity index (χ1n) is 13.8. The third-order valence-corrected chi connectivity index (χ3v) is 12.9. The van der Waals surface area contributed by atoms with Crippen molar-refractivity contribution in [3.8, 4) is 0 Å². The van der Waals surface area contributed by atoms with Crippen molar-refractivity contribution in [2.45, 2.75) is 112 Å². The van der Waals surface area contributed by atoms with Crippen molar-refractivity contribution < 1.29 is 15.0 Å². The van der Waals surface area contributed by atoms with Gasteiger partial charge in [0.1, 0.15) is 0 Å². The van der Waals surface area contributed by atoms with E-state index in [4.69, 9.17) is 0 Å². The summed E-state index contributed by atoms with van der Waals surface area (Å²) in [5.41, 5.74) is 1.72. The van der Waals surface area contributed by atoms with Crippen LogP contribution >= 0.6 is 0 Å². The standard InChI is InChI=1S/C30H48O3/c1-18-16-23-28(5,20-17-27(4,25(32)33)12-8-19(18)20)13-10-22-29(6)15-11-24(31)26(2,3)21(29)9-14-30(22,23)7/h16,18-22,24,31H,8-15,17H2,1-7H3,(H,32,33)/t18-,19-,20+,21-,22+,24+,27+,28-,29-,30+/m0/s1. The molecule has 0 saturated heterocycles. The van der Waals surface area contributed by atoms with Gasteiger partial charge in [-0.15, -0.1) is 0 Å². The summed E-state index contributed by atoms with van der Waals surface area (Å²) in [6, 6.07) is 0. The van der Waals surface area contributed by atoms with E-state index in [-0.39, 0.29) is 27.8 Å². The Bertz CT molecular complexity index is 874. The highest BCUT2D eigenvalue weighted by atomic mass is 16.4. The van der Waals surface area contributed by atoms with Gasteiger partial charge in [0.15, 0.2) is 0 Å². The van der Waals surface area contributed by atoms with Crippen LogP contribution in [-0.4, -0.2) is 22.3 Å². The molecule has 0 radical (unpaired) electrons. The molecule has 33 heavy (non-hydrogen) atoms. The van der Waals surface area contributed by atoms with Crippen LogP contribution in [-0.2, 0) is 4.79 Å². The number of carbonyl (C=O) groups is 1. The number of hydrogen-bond donors (Lipinski definition) is 2. The van der Waals surface area contributed by atoms with E-state index in [1.165, 1.54) is 25.7 Å². The minimum absolute atomic E-state index is 0.0128. The lowest BCUT2D eigenvalue weighted by Gasteiger charge is -2.69. The maximum atomic E-state index is 12.2. The zero-order valence-corrected chi connectivity index (χ0v) is 22.2. The van der Waals surface area contributed by atoms with Crippen LogP contribution in [0.5, 0.6) is 0 Å². The fraction of sp³-hybridized carbons (Fsp3) is 0.900.